The van der Waals surface area contributed by atoms with Crippen molar-refractivity contribution in [2.45, 2.75) is 0 Å². The molecule has 0 aliphatic rings. The molecule has 0 aliphatic heterocycles. The zero-order chi connectivity index (χ0) is 30.5. The zero-order valence-corrected chi connectivity index (χ0v) is 24.8. The minimum atomic E-state index is 0.697. The molecule has 0 saturated carbocycles. The monoisotopic (exact) mass is 586 g/mol. The van der Waals surface area contributed by atoms with Crippen molar-refractivity contribution in [1.29, 1.82) is 0 Å². The van der Waals surface area contributed by atoms with E-state index < -0.39 is 0 Å². The van der Waals surface area contributed by atoms with Crippen LogP contribution in [0.4, 0.5) is 0 Å². The Balaban J connectivity index is 1.24. The van der Waals surface area contributed by atoms with E-state index in [2.05, 4.69) is 121 Å². The zero-order valence-electron chi connectivity index (χ0n) is 24.8. The van der Waals surface area contributed by atoms with Crippen LogP contribution in [0, 0.1) is 0 Å². The van der Waals surface area contributed by atoms with Crippen molar-refractivity contribution in [3.8, 4) is 45.2 Å². The highest BCUT2D eigenvalue weighted by molar-refractivity contribution is 6.06. The Labute approximate surface area is 265 Å². The Morgan fingerprint density at radius 1 is 0.348 bits per heavy atom. The van der Waals surface area contributed by atoms with Crippen LogP contribution in [0.3, 0.4) is 0 Å². The second-order valence-electron chi connectivity index (χ2n) is 11.5. The summed E-state index contributed by atoms with van der Waals surface area (Å²) in [5, 5.41) is 5.47. The lowest BCUT2D eigenvalue weighted by Crippen LogP contribution is -1.96. The first-order chi connectivity index (χ1) is 22.8. The molecule has 3 heterocycles. The number of rotatable bonds is 4. The van der Waals surface area contributed by atoms with Crippen molar-refractivity contribution in [2.24, 2.45) is 0 Å². The van der Waals surface area contributed by atoms with Gasteiger partial charge in [-0.25, -0.2) is 19.9 Å². The standard InChI is InChI=1S/C42H26N4/c1-3-11-28(12-4-1)36-24-21-29-18-19-30-22-25-37(44-40(30)39(29)43-36)32-20-23-35-38(26-32)45-42(31-13-5-2-6-14-31)46-41(35)34-17-9-15-27-10-7-8-16-33(27)34/h1-26H. The van der Waals surface area contributed by atoms with E-state index in [4.69, 9.17) is 19.9 Å². The molecule has 0 atom stereocenters. The number of benzene rings is 6. The molecule has 3 aromatic heterocycles. The summed E-state index contributed by atoms with van der Waals surface area (Å²) in [6, 6.07) is 54.4. The van der Waals surface area contributed by atoms with E-state index in [9.17, 15) is 0 Å². The van der Waals surface area contributed by atoms with Crippen molar-refractivity contribution in [2.75, 3.05) is 0 Å². The first-order valence-electron chi connectivity index (χ1n) is 15.4. The minimum absolute atomic E-state index is 0.697. The largest absolute Gasteiger partial charge is 0.245 e. The molecule has 4 heteroatoms. The number of pyridine rings is 2. The van der Waals surface area contributed by atoms with Crippen LogP contribution in [0.1, 0.15) is 0 Å². The van der Waals surface area contributed by atoms with Crippen molar-refractivity contribution < 1.29 is 0 Å². The maximum absolute atomic E-state index is 5.21. The number of hydrogen-bond donors (Lipinski definition) is 0. The first-order valence-corrected chi connectivity index (χ1v) is 15.4. The van der Waals surface area contributed by atoms with Crippen LogP contribution >= 0.6 is 0 Å². The number of nitrogens with zero attached hydrogens (tertiary/aromatic N) is 4. The molecule has 4 nitrogen and oxygen atoms in total. The van der Waals surface area contributed by atoms with Gasteiger partial charge in [-0.1, -0.05) is 133 Å². The van der Waals surface area contributed by atoms with Gasteiger partial charge in [0.1, 0.15) is 0 Å². The molecule has 0 saturated heterocycles. The van der Waals surface area contributed by atoms with E-state index in [1.807, 2.05) is 36.4 Å². The van der Waals surface area contributed by atoms with Crippen LogP contribution in [-0.2, 0) is 0 Å². The molecule has 0 spiro atoms. The van der Waals surface area contributed by atoms with E-state index >= 15 is 0 Å². The third-order valence-electron chi connectivity index (χ3n) is 8.66. The van der Waals surface area contributed by atoms with Crippen LogP contribution in [0.25, 0.3) is 88.6 Å². The van der Waals surface area contributed by atoms with E-state index in [1.165, 1.54) is 10.8 Å². The first kappa shape index (κ1) is 26.2. The third kappa shape index (κ3) is 4.47. The summed E-state index contributed by atoms with van der Waals surface area (Å²) in [6.07, 6.45) is 0. The van der Waals surface area contributed by atoms with Gasteiger partial charge in [0.25, 0.3) is 0 Å². The van der Waals surface area contributed by atoms with Gasteiger partial charge in [-0.15, -0.1) is 0 Å². The predicted molar refractivity (Wildman–Crippen MR) is 189 cm³/mol. The maximum Gasteiger partial charge on any atom is 0.160 e. The SMILES string of the molecule is c1ccc(-c2ccc3ccc4ccc(-c5ccc6c(-c7cccc8ccccc78)nc(-c7ccccc7)nc6c5)nc4c3n2)cc1. The van der Waals surface area contributed by atoms with Gasteiger partial charge in [-0.3, -0.25) is 0 Å². The highest BCUT2D eigenvalue weighted by atomic mass is 14.9. The molecule has 46 heavy (non-hydrogen) atoms. The minimum Gasteiger partial charge on any atom is -0.245 e. The molecule has 0 unspecified atom stereocenters. The van der Waals surface area contributed by atoms with Gasteiger partial charge in [-0.2, -0.15) is 0 Å². The van der Waals surface area contributed by atoms with Gasteiger partial charge < -0.3 is 0 Å². The average molecular weight is 587 g/mol. The van der Waals surface area contributed by atoms with Gasteiger partial charge in [0.15, 0.2) is 5.82 Å². The second kappa shape index (κ2) is 10.7. The van der Waals surface area contributed by atoms with Crippen LogP contribution in [0.5, 0.6) is 0 Å². The Morgan fingerprint density at radius 3 is 1.70 bits per heavy atom. The second-order valence-corrected chi connectivity index (χ2v) is 11.5. The fourth-order valence-corrected chi connectivity index (χ4v) is 6.34. The van der Waals surface area contributed by atoms with E-state index in [1.54, 1.807) is 0 Å². The number of fused-ring (bicyclic) bond motifs is 5. The molecule has 0 radical (unpaired) electrons. The fraction of sp³-hybridized carbons (Fsp3) is 0. The van der Waals surface area contributed by atoms with Crippen molar-refractivity contribution in [1.82, 2.24) is 19.9 Å². The van der Waals surface area contributed by atoms with Crippen LogP contribution in [-0.4, -0.2) is 19.9 Å². The Bertz CT molecular complexity index is 2570. The number of aromatic nitrogens is 4. The molecule has 9 aromatic rings. The Hall–Kier alpha value is -6.26. The Morgan fingerprint density at radius 2 is 0.957 bits per heavy atom. The van der Waals surface area contributed by atoms with Crippen molar-refractivity contribution in [3.63, 3.8) is 0 Å². The quantitative estimate of drug-likeness (QED) is 0.193. The lowest BCUT2D eigenvalue weighted by Gasteiger charge is -2.13. The molecule has 6 aromatic carbocycles. The molecule has 0 bridgehead atoms. The maximum atomic E-state index is 5.21. The summed E-state index contributed by atoms with van der Waals surface area (Å²) in [5.41, 5.74) is 9.53. The fourth-order valence-electron chi connectivity index (χ4n) is 6.34. The van der Waals surface area contributed by atoms with Crippen LogP contribution in [0.15, 0.2) is 158 Å². The molecule has 9 rings (SSSR count). The van der Waals surface area contributed by atoms with E-state index in [0.717, 1.165) is 72.0 Å². The summed E-state index contributed by atoms with van der Waals surface area (Å²) in [7, 11) is 0. The van der Waals surface area contributed by atoms with E-state index in [-0.39, 0.29) is 0 Å². The highest BCUT2D eigenvalue weighted by Gasteiger charge is 2.16. The van der Waals surface area contributed by atoms with Crippen LogP contribution < -0.4 is 0 Å². The lowest BCUT2D eigenvalue weighted by molar-refractivity contribution is 1.23. The van der Waals surface area contributed by atoms with E-state index in [0.29, 0.717) is 5.82 Å². The predicted octanol–water partition coefficient (Wildman–Crippen LogP) is 10.5. The van der Waals surface area contributed by atoms with Gasteiger partial charge in [-0.05, 0) is 35.0 Å². The molecular weight excluding hydrogens is 560 g/mol. The van der Waals surface area contributed by atoms with Gasteiger partial charge in [0, 0.05) is 38.4 Å². The van der Waals surface area contributed by atoms with Gasteiger partial charge in [0.2, 0.25) is 0 Å². The van der Waals surface area contributed by atoms with Gasteiger partial charge in [0.05, 0.1) is 33.6 Å². The number of hydrogen-bond acceptors (Lipinski definition) is 4. The molecular formula is C42H26N4. The third-order valence-corrected chi connectivity index (χ3v) is 8.66. The summed E-state index contributed by atoms with van der Waals surface area (Å²) in [6.45, 7) is 0. The van der Waals surface area contributed by atoms with Crippen molar-refractivity contribution >= 4 is 43.5 Å². The average Bonchev–Trinajstić information content (AvgIpc) is 3.14. The molecule has 0 aliphatic carbocycles. The molecule has 214 valence electrons. The topological polar surface area (TPSA) is 51.6 Å². The molecule has 0 N–H and O–H groups in total. The van der Waals surface area contributed by atoms with Crippen LogP contribution in [0.2, 0.25) is 0 Å². The summed E-state index contributed by atoms with van der Waals surface area (Å²) in [4.78, 5) is 20.6. The summed E-state index contributed by atoms with van der Waals surface area (Å²) >= 11 is 0. The Kier molecular flexibility index (Phi) is 6.10. The highest BCUT2D eigenvalue weighted by Crippen LogP contribution is 2.36. The normalized spacial score (nSPS) is 11.5. The molecule has 0 fully saturated rings. The summed E-state index contributed by atoms with van der Waals surface area (Å²) in [5.74, 6) is 0.697. The smallest absolute Gasteiger partial charge is 0.160 e. The molecule has 0 amide bonds. The lowest BCUT2D eigenvalue weighted by atomic mass is 9.98. The van der Waals surface area contributed by atoms with Crippen molar-refractivity contribution in [3.05, 3.63) is 158 Å². The van der Waals surface area contributed by atoms with Gasteiger partial charge >= 0.3 is 0 Å². The summed E-state index contributed by atoms with van der Waals surface area (Å²) < 4.78 is 0.